The number of halogens is 2. The maximum atomic E-state index is 13.6. The van der Waals surface area contributed by atoms with Crippen molar-refractivity contribution >= 4 is 40.5 Å². The van der Waals surface area contributed by atoms with Crippen molar-refractivity contribution in [2.45, 2.75) is 25.7 Å². The van der Waals surface area contributed by atoms with Gasteiger partial charge in [0.15, 0.2) is 6.61 Å². The van der Waals surface area contributed by atoms with Crippen molar-refractivity contribution in [3.05, 3.63) is 50.4 Å². The Hall–Kier alpha value is -1.92. The monoisotopic (exact) mass is 367 g/mol. The summed E-state index contributed by atoms with van der Waals surface area (Å²) in [6, 6.07) is 5.75. The van der Waals surface area contributed by atoms with E-state index < -0.39 is 24.3 Å². The van der Waals surface area contributed by atoms with Gasteiger partial charge in [0.2, 0.25) is 0 Å². The number of hydrogen-bond donors (Lipinski definition) is 1. The smallest absolute Gasteiger partial charge is 0.348 e. The Labute approximate surface area is 147 Å². The maximum Gasteiger partial charge on any atom is 0.348 e. The number of rotatable bonds is 4. The van der Waals surface area contributed by atoms with Gasteiger partial charge in [-0.3, -0.25) is 4.79 Å². The molecule has 1 aromatic heterocycles. The van der Waals surface area contributed by atoms with Crippen LogP contribution in [0.5, 0.6) is 0 Å². The van der Waals surface area contributed by atoms with Crippen molar-refractivity contribution in [2.24, 2.45) is 0 Å². The van der Waals surface area contributed by atoms with Gasteiger partial charge >= 0.3 is 5.97 Å². The molecule has 0 atom stereocenters. The molecule has 0 saturated heterocycles. The largest absolute Gasteiger partial charge is 0.451 e. The molecule has 0 aliphatic heterocycles. The van der Waals surface area contributed by atoms with Crippen LogP contribution in [0.15, 0.2) is 24.3 Å². The third-order valence-corrected chi connectivity index (χ3v) is 5.19. The number of ether oxygens (including phenoxy) is 1. The van der Waals surface area contributed by atoms with Crippen LogP contribution in [0.1, 0.15) is 33.0 Å². The van der Waals surface area contributed by atoms with Crippen molar-refractivity contribution in [2.75, 3.05) is 11.9 Å². The number of nitrogens with one attached hydrogen (secondary N) is 1. The van der Waals surface area contributed by atoms with E-state index in [9.17, 15) is 14.0 Å². The zero-order chi connectivity index (χ0) is 17.1. The number of aryl methyl sites for hydroxylation is 2. The number of carbonyl (C=O) groups is 2. The van der Waals surface area contributed by atoms with Crippen molar-refractivity contribution in [3.8, 4) is 0 Å². The molecular formula is C17H15ClFNO3S. The molecule has 126 valence electrons. The predicted octanol–water partition coefficient (Wildman–Crippen LogP) is 4.21. The fourth-order valence-electron chi connectivity index (χ4n) is 2.57. The second kappa shape index (κ2) is 7.32. The van der Waals surface area contributed by atoms with Crippen LogP contribution in [0.4, 0.5) is 10.1 Å². The highest BCUT2D eigenvalue weighted by Gasteiger charge is 2.19. The molecule has 0 spiro atoms. The van der Waals surface area contributed by atoms with Gasteiger partial charge in [-0.25, -0.2) is 9.18 Å². The van der Waals surface area contributed by atoms with E-state index in [1.165, 1.54) is 33.9 Å². The fraction of sp³-hybridized carbons (Fsp3) is 0.294. The van der Waals surface area contributed by atoms with E-state index in [1.54, 1.807) is 0 Å². The lowest BCUT2D eigenvalue weighted by Crippen LogP contribution is -2.21. The van der Waals surface area contributed by atoms with Gasteiger partial charge in [-0.05, 0) is 55.5 Å². The SMILES string of the molecule is O=C(COC(=O)c1cc2c(s1)CCCC2)Nc1ccc(Cl)cc1F. The Morgan fingerprint density at radius 2 is 2.04 bits per heavy atom. The lowest BCUT2D eigenvalue weighted by Gasteiger charge is -2.08. The number of thiophene rings is 1. The van der Waals surface area contributed by atoms with Crippen molar-refractivity contribution < 1.29 is 18.7 Å². The average molecular weight is 368 g/mol. The Bertz CT molecular complexity index is 767. The Morgan fingerprint density at radius 1 is 1.25 bits per heavy atom. The summed E-state index contributed by atoms with van der Waals surface area (Å²) >= 11 is 7.07. The van der Waals surface area contributed by atoms with Gasteiger partial charge in [-0.1, -0.05) is 11.6 Å². The molecule has 3 rings (SSSR count). The van der Waals surface area contributed by atoms with Gasteiger partial charge in [-0.15, -0.1) is 11.3 Å². The van der Waals surface area contributed by atoms with Crippen LogP contribution in [0, 0.1) is 5.82 Å². The zero-order valence-electron chi connectivity index (χ0n) is 12.7. The first-order chi connectivity index (χ1) is 11.5. The van der Waals surface area contributed by atoms with Crippen molar-refractivity contribution in [1.29, 1.82) is 0 Å². The molecule has 0 radical (unpaired) electrons. The minimum absolute atomic E-state index is 0.00737. The quantitative estimate of drug-likeness (QED) is 0.823. The Balaban J connectivity index is 1.55. The van der Waals surface area contributed by atoms with Crippen molar-refractivity contribution in [1.82, 2.24) is 0 Å². The standard InChI is InChI=1S/C17H15ClFNO3S/c18-11-5-6-13(12(19)8-11)20-16(21)9-23-17(22)15-7-10-3-1-2-4-14(10)24-15/h5-8H,1-4,9H2,(H,20,21). The molecule has 1 amide bonds. The lowest BCUT2D eigenvalue weighted by atomic mass is 9.99. The molecule has 0 saturated carbocycles. The normalized spacial score (nSPS) is 13.2. The first kappa shape index (κ1) is 16.9. The van der Waals surface area contributed by atoms with Crippen LogP contribution >= 0.6 is 22.9 Å². The second-order valence-electron chi connectivity index (χ2n) is 5.51. The number of carbonyl (C=O) groups excluding carboxylic acids is 2. The van der Waals surface area contributed by atoms with Crippen molar-refractivity contribution in [3.63, 3.8) is 0 Å². The van der Waals surface area contributed by atoms with Gasteiger partial charge in [0, 0.05) is 9.90 Å². The molecule has 7 heteroatoms. The molecule has 1 N–H and O–H groups in total. The van der Waals surface area contributed by atoms with Crippen LogP contribution in [0.25, 0.3) is 0 Å². The summed E-state index contributed by atoms with van der Waals surface area (Å²) in [6.07, 6.45) is 4.24. The summed E-state index contributed by atoms with van der Waals surface area (Å²) in [7, 11) is 0. The number of hydrogen-bond acceptors (Lipinski definition) is 4. The van der Waals surface area contributed by atoms with Gasteiger partial charge in [0.05, 0.1) is 5.69 Å². The molecule has 4 nitrogen and oxygen atoms in total. The Kier molecular flexibility index (Phi) is 5.16. The van der Waals surface area contributed by atoms with E-state index in [-0.39, 0.29) is 10.7 Å². The molecule has 1 aliphatic carbocycles. The molecular weight excluding hydrogens is 353 g/mol. The average Bonchev–Trinajstić information content (AvgIpc) is 2.99. The summed E-state index contributed by atoms with van der Waals surface area (Å²) in [5.41, 5.74) is 1.19. The molecule has 1 aromatic carbocycles. The highest BCUT2D eigenvalue weighted by Crippen LogP contribution is 2.30. The van der Waals surface area contributed by atoms with Crippen LogP contribution in [0.2, 0.25) is 5.02 Å². The van der Waals surface area contributed by atoms with E-state index in [0.29, 0.717) is 4.88 Å². The van der Waals surface area contributed by atoms with Crippen LogP contribution in [-0.2, 0) is 22.4 Å². The number of amides is 1. The van der Waals surface area contributed by atoms with E-state index in [2.05, 4.69) is 5.32 Å². The molecule has 1 heterocycles. The Morgan fingerprint density at radius 3 is 2.79 bits per heavy atom. The molecule has 0 unspecified atom stereocenters. The minimum Gasteiger partial charge on any atom is -0.451 e. The highest BCUT2D eigenvalue weighted by molar-refractivity contribution is 7.14. The fourth-order valence-corrected chi connectivity index (χ4v) is 3.88. The summed E-state index contributed by atoms with van der Waals surface area (Å²) < 4.78 is 18.6. The summed E-state index contributed by atoms with van der Waals surface area (Å²) in [4.78, 5) is 25.6. The molecule has 24 heavy (non-hydrogen) atoms. The van der Waals surface area contributed by atoms with E-state index >= 15 is 0 Å². The van der Waals surface area contributed by atoms with Crippen LogP contribution in [0.3, 0.4) is 0 Å². The third-order valence-electron chi connectivity index (χ3n) is 3.74. The zero-order valence-corrected chi connectivity index (χ0v) is 14.3. The van der Waals surface area contributed by atoms with Crippen LogP contribution < -0.4 is 5.32 Å². The molecule has 2 aromatic rings. The maximum absolute atomic E-state index is 13.6. The molecule has 0 fully saturated rings. The topological polar surface area (TPSA) is 55.4 Å². The second-order valence-corrected chi connectivity index (χ2v) is 7.09. The first-order valence-corrected chi connectivity index (χ1v) is 8.76. The van der Waals surface area contributed by atoms with Gasteiger partial charge < -0.3 is 10.1 Å². The third kappa shape index (κ3) is 3.94. The number of esters is 1. The number of benzene rings is 1. The minimum atomic E-state index is -0.645. The van der Waals surface area contributed by atoms with E-state index in [0.717, 1.165) is 31.7 Å². The predicted molar refractivity (Wildman–Crippen MR) is 91.3 cm³/mol. The lowest BCUT2D eigenvalue weighted by molar-refractivity contribution is -0.119. The summed E-state index contributed by atoms with van der Waals surface area (Å²) in [6.45, 7) is -0.469. The summed E-state index contributed by atoms with van der Waals surface area (Å²) in [5.74, 6) is -1.78. The summed E-state index contributed by atoms with van der Waals surface area (Å²) in [5, 5.41) is 2.58. The van der Waals surface area contributed by atoms with E-state index in [1.807, 2.05) is 6.07 Å². The molecule has 0 bridgehead atoms. The highest BCUT2D eigenvalue weighted by atomic mass is 35.5. The van der Waals surface area contributed by atoms with Crippen LogP contribution in [-0.4, -0.2) is 18.5 Å². The van der Waals surface area contributed by atoms with Gasteiger partial charge in [0.1, 0.15) is 10.7 Å². The van der Waals surface area contributed by atoms with E-state index in [4.69, 9.17) is 16.3 Å². The van der Waals surface area contributed by atoms with Gasteiger partial charge in [-0.2, -0.15) is 0 Å². The number of anilines is 1. The number of fused-ring (bicyclic) bond motifs is 1. The molecule has 1 aliphatic rings. The first-order valence-electron chi connectivity index (χ1n) is 7.56. The van der Waals surface area contributed by atoms with Gasteiger partial charge in [0.25, 0.3) is 5.91 Å².